The number of carbonyl (C=O) groups is 1. The van der Waals surface area contributed by atoms with E-state index in [0.717, 1.165) is 55.9 Å². The Bertz CT molecular complexity index is 1280. The molecule has 0 radical (unpaired) electrons. The minimum absolute atomic E-state index is 0.0237. The van der Waals surface area contributed by atoms with Gasteiger partial charge in [-0.05, 0) is 48.7 Å². The van der Waals surface area contributed by atoms with E-state index >= 15 is 0 Å². The summed E-state index contributed by atoms with van der Waals surface area (Å²) >= 11 is 0. The van der Waals surface area contributed by atoms with Crippen molar-refractivity contribution in [3.05, 3.63) is 66.5 Å². The third kappa shape index (κ3) is 5.27. The molecular formula is C27H32N6O2. The molecule has 35 heavy (non-hydrogen) atoms. The Labute approximate surface area is 205 Å². The van der Waals surface area contributed by atoms with Crippen LogP contribution in [0.15, 0.2) is 59.6 Å². The van der Waals surface area contributed by atoms with Crippen LogP contribution in [0.2, 0.25) is 0 Å². The molecule has 1 fully saturated rings. The van der Waals surface area contributed by atoms with Crippen molar-refractivity contribution in [2.24, 2.45) is 5.41 Å². The lowest BCUT2D eigenvalue weighted by Crippen LogP contribution is -2.49. The van der Waals surface area contributed by atoms with Crippen LogP contribution in [0.4, 0.5) is 0 Å². The lowest BCUT2D eigenvalue weighted by atomic mass is 9.92. The van der Waals surface area contributed by atoms with Crippen LogP contribution in [0, 0.1) is 5.41 Å². The number of pyridine rings is 2. The third-order valence-corrected chi connectivity index (χ3v) is 6.52. The van der Waals surface area contributed by atoms with E-state index in [1.165, 1.54) is 0 Å². The molecular weight excluding hydrogens is 440 g/mol. The van der Waals surface area contributed by atoms with E-state index in [-0.39, 0.29) is 5.91 Å². The molecule has 0 spiro atoms. The summed E-state index contributed by atoms with van der Waals surface area (Å²) in [6, 6.07) is 9.47. The van der Waals surface area contributed by atoms with Crippen molar-refractivity contribution in [3.8, 4) is 11.3 Å². The number of carbonyl (C=O) groups excluding carboxylic acids is 1. The first kappa shape index (κ1) is 23.2. The van der Waals surface area contributed by atoms with Crippen molar-refractivity contribution in [2.75, 3.05) is 32.7 Å². The van der Waals surface area contributed by atoms with Gasteiger partial charge in [0.2, 0.25) is 0 Å². The van der Waals surface area contributed by atoms with Gasteiger partial charge >= 0.3 is 0 Å². The Kier molecular flexibility index (Phi) is 6.38. The van der Waals surface area contributed by atoms with Gasteiger partial charge in [0.15, 0.2) is 5.65 Å². The molecule has 0 N–H and O–H groups in total. The molecule has 1 aliphatic rings. The van der Waals surface area contributed by atoms with E-state index in [1.54, 1.807) is 29.5 Å². The minimum atomic E-state index is 0.0237. The highest BCUT2D eigenvalue weighted by Gasteiger charge is 2.26. The molecule has 8 heteroatoms. The molecule has 4 aromatic heterocycles. The highest BCUT2D eigenvalue weighted by Crippen LogP contribution is 2.27. The molecule has 0 aliphatic carbocycles. The second kappa shape index (κ2) is 9.62. The first-order chi connectivity index (χ1) is 16.9. The molecule has 5 heterocycles. The van der Waals surface area contributed by atoms with Crippen molar-refractivity contribution < 1.29 is 9.21 Å². The predicted octanol–water partition coefficient (Wildman–Crippen LogP) is 4.33. The monoisotopic (exact) mass is 472 g/mol. The van der Waals surface area contributed by atoms with Crippen LogP contribution in [0.3, 0.4) is 0 Å². The molecule has 5 rings (SSSR count). The number of piperazine rings is 1. The van der Waals surface area contributed by atoms with Gasteiger partial charge in [-0.25, -0.2) is 9.67 Å². The molecule has 0 aromatic carbocycles. The Hall–Kier alpha value is -3.52. The summed E-state index contributed by atoms with van der Waals surface area (Å²) in [6.07, 6.45) is 8.03. The second-order valence-corrected chi connectivity index (χ2v) is 10.4. The zero-order valence-electron chi connectivity index (χ0n) is 20.6. The van der Waals surface area contributed by atoms with Crippen LogP contribution in [-0.4, -0.2) is 68.2 Å². The average molecular weight is 473 g/mol. The smallest absolute Gasteiger partial charge is 0.254 e. The molecule has 0 unspecified atom stereocenters. The number of hydrogen-bond acceptors (Lipinski definition) is 6. The molecule has 0 bridgehead atoms. The van der Waals surface area contributed by atoms with Gasteiger partial charge < -0.3 is 9.32 Å². The largest absolute Gasteiger partial charge is 0.467 e. The van der Waals surface area contributed by atoms with Crippen LogP contribution in [-0.2, 0) is 6.54 Å². The maximum atomic E-state index is 13.8. The number of furan rings is 1. The number of hydrogen-bond donors (Lipinski definition) is 0. The van der Waals surface area contributed by atoms with E-state index in [0.29, 0.717) is 28.9 Å². The maximum absolute atomic E-state index is 13.8. The van der Waals surface area contributed by atoms with Gasteiger partial charge in [0.25, 0.3) is 5.91 Å². The van der Waals surface area contributed by atoms with E-state index < -0.39 is 0 Å². The summed E-state index contributed by atoms with van der Waals surface area (Å²) in [6.45, 7) is 11.5. The predicted molar refractivity (Wildman–Crippen MR) is 135 cm³/mol. The Balaban J connectivity index is 1.44. The summed E-state index contributed by atoms with van der Waals surface area (Å²) in [4.78, 5) is 27.3. The lowest BCUT2D eigenvalue weighted by Gasteiger charge is -2.36. The Morgan fingerprint density at radius 3 is 2.60 bits per heavy atom. The van der Waals surface area contributed by atoms with Crippen LogP contribution in [0.5, 0.6) is 0 Å². The molecule has 1 amide bonds. The normalized spacial score (nSPS) is 15.1. The fourth-order valence-electron chi connectivity index (χ4n) is 4.39. The topological polar surface area (TPSA) is 80.3 Å². The van der Waals surface area contributed by atoms with E-state index in [9.17, 15) is 4.79 Å². The zero-order chi connectivity index (χ0) is 24.4. The maximum Gasteiger partial charge on any atom is 0.254 e. The summed E-state index contributed by atoms with van der Waals surface area (Å²) in [7, 11) is 0. The SMILES string of the molecule is CC(C)(C)CCN1CCN(C(=O)c2cc(-c3cccnc3)nc3c2cnn3Cc2ccco2)CC1. The number of nitrogens with zero attached hydrogens (tertiary/aromatic N) is 6. The molecule has 0 atom stereocenters. The lowest BCUT2D eigenvalue weighted by molar-refractivity contribution is 0.0625. The highest BCUT2D eigenvalue weighted by molar-refractivity contribution is 6.06. The van der Waals surface area contributed by atoms with Gasteiger partial charge in [-0.15, -0.1) is 0 Å². The van der Waals surface area contributed by atoms with Gasteiger partial charge in [-0.1, -0.05) is 20.8 Å². The van der Waals surface area contributed by atoms with Gasteiger partial charge in [0.1, 0.15) is 12.3 Å². The summed E-state index contributed by atoms with van der Waals surface area (Å²) in [5.41, 5.74) is 3.17. The van der Waals surface area contributed by atoms with Crippen LogP contribution in [0.1, 0.15) is 43.3 Å². The van der Waals surface area contributed by atoms with Crippen molar-refractivity contribution in [1.82, 2.24) is 29.5 Å². The minimum Gasteiger partial charge on any atom is -0.467 e. The van der Waals surface area contributed by atoms with Gasteiger partial charge in [0.05, 0.1) is 29.1 Å². The quantitative estimate of drug-likeness (QED) is 0.416. The number of rotatable bonds is 6. The zero-order valence-corrected chi connectivity index (χ0v) is 20.6. The van der Waals surface area contributed by atoms with Gasteiger partial charge in [-0.3, -0.25) is 14.7 Å². The molecule has 4 aromatic rings. The Morgan fingerprint density at radius 2 is 1.91 bits per heavy atom. The van der Waals surface area contributed by atoms with Crippen LogP contribution in [0.25, 0.3) is 22.3 Å². The van der Waals surface area contributed by atoms with Gasteiger partial charge in [0, 0.05) is 44.1 Å². The first-order valence-corrected chi connectivity index (χ1v) is 12.2. The number of aromatic nitrogens is 4. The first-order valence-electron chi connectivity index (χ1n) is 12.2. The standard InChI is InChI=1S/C27H32N6O2/c1-27(2,3)8-10-31-11-13-32(14-12-31)26(34)22-16-24(20-6-4-9-28-17-20)30-25-23(22)18-29-33(25)19-21-7-5-15-35-21/h4-7,9,15-18H,8,10-14,19H2,1-3H3. The number of fused-ring (bicyclic) bond motifs is 1. The van der Waals surface area contributed by atoms with Crippen LogP contribution >= 0.6 is 0 Å². The van der Waals surface area contributed by atoms with E-state index in [1.807, 2.05) is 35.2 Å². The third-order valence-electron chi connectivity index (χ3n) is 6.52. The Morgan fingerprint density at radius 1 is 1.09 bits per heavy atom. The summed E-state index contributed by atoms with van der Waals surface area (Å²) in [5.74, 6) is 0.804. The molecule has 8 nitrogen and oxygen atoms in total. The highest BCUT2D eigenvalue weighted by atomic mass is 16.3. The van der Waals surface area contributed by atoms with Gasteiger partial charge in [-0.2, -0.15) is 5.10 Å². The summed E-state index contributed by atoms with van der Waals surface area (Å²) < 4.78 is 7.30. The fourth-order valence-corrected chi connectivity index (χ4v) is 4.39. The van der Waals surface area contributed by atoms with Crippen molar-refractivity contribution >= 4 is 16.9 Å². The van der Waals surface area contributed by atoms with Crippen molar-refractivity contribution in [1.29, 1.82) is 0 Å². The number of amides is 1. The van der Waals surface area contributed by atoms with Crippen LogP contribution < -0.4 is 0 Å². The van der Waals surface area contributed by atoms with E-state index in [4.69, 9.17) is 9.40 Å². The molecule has 1 aliphatic heterocycles. The average Bonchev–Trinajstić information content (AvgIpc) is 3.53. The van der Waals surface area contributed by atoms with E-state index in [2.05, 4.69) is 35.8 Å². The van der Waals surface area contributed by atoms with Crippen molar-refractivity contribution in [2.45, 2.75) is 33.7 Å². The fraction of sp³-hybridized carbons (Fsp3) is 0.407. The van der Waals surface area contributed by atoms with Crippen molar-refractivity contribution in [3.63, 3.8) is 0 Å². The molecule has 0 saturated carbocycles. The molecule has 182 valence electrons. The second-order valence-electron chi connectivity index (χ2n) is 10.4. The molecule has 1 saturated heterocycles. The summed E-state index contributed by atoms with van der Waals surface area (Å²) in [5, 5.41) is 5.31.